The molecule has 4 nitrogen and oxygen atoms in total. The molecule has 0 aliphatic rings. The second-order valence-electron chi connectivity index (χ2n) is 4.28. The van der Waals surface area contributed by atoms with Gasteiger partial charge in [0, 0.05) is 0 Å². The second-order valence-corrected chi connectivity index (χ2v) is 4.28. The molecule has 0 radical (unpaired) electrons. The molecule has 1 heterocycles. The van der Waals surface area contributed by atoms with Crippen LogP contribution in [0, 0.1) is 0 Å². The van der Waals surface area contributed by atoms with Gasteiger partial charge in [0.1, 0.15) is 0 Å². The number of rotatable bonds is 5. The van der Waals surface area contributed by atoms with E-state index in [2.05, 4.69) is 12.2 Å². The summed E-state index contributed by atoms with van der Waals surface area (Å²) in [5.74, 6) is -0.0905. The van der Waals surface area contributed by atoms with Crippen LogP contribution in [0.3, 0.4) is 0 Å². The predicted molar refractivity (Wildman–Crippen MR) is 71.8 cm³/mol. The lowest BCUT2D eigenvalue weighted by atomic mass is 10.0. The molecule has 0 aliphatic carbocycles. The maximum absolute atomic E-state index is 11.9. The predicted octanol–water partition coefficient (Wildman–Crippen LogP) is 2.31. The summed E-state index contributed by atoms with van der Waals surface area (Å²) in [6, 6.07) is 10.6. The third kappa shape index (κ3) is 3.23. The molecule has 1 amide bonds. The summed E-state index contributed by atoms with van der Waals surface area (Å²) in [4.78, 5) is 11.9. The van der Waals surface area contributed by atoms with Gasteiger partial charge in [-0.3, -0.25) is 4.79 Å². The van der Waals surface area contributed by atoms with Crippen LogP contribution in [0.25, 0.3) is 0 Å². The smallest absolute Gasteiger partial charge is 0.287 e. The minimum Gasteiger partial charge on any atom is -0.459 e. The van der Waals surface area contributed by atoms with Crippen LogP contribution in [0.2, 0.25) is 0 Å². The van der Waals surface area contributed by atoms with Crippen molar-refractivity contribution >= 4 is 5.91 Å². The van der Waals surface area contributed by atoms with Gasteiger partial charge in [-0.2, -0.15) is 0 Å². The minimum absolute atomic E-state index is 0.155. The van der Waals surface area contributed by atoms with E-state index >= 15 is 0 Å². The fraction of sp³-hybridized carbons (Fsp3) is 0.267. The van der Waals surface area contributed by atoms with E-state index in [0.29, 0.717) is 0 Å². The monoisotopic (exact) mass is 259 g/mol. The number of aryl methyl sites for hydroxylation is 1. The number of hydrogen-bond acceptors (Lipinski definition) is 3. The SMILES string of the molecule is CCc1ccc(C(CO)NC(=O)c2ccco2)cc1. The lowest BCUT2D eigenvalue weighted by Crippen LogP contribution is -2.30. The van der Waals surface area contributed by atoms with Crippen molar-refractivity contribution in [3.8, 4) is 0 Å². The topological polar surface area (TPSA) is 62.5 Å². The van der Waals surface area contributed by atoms with Crippen molar-refractivity contribution in [1.82, 2.24) is 5.32 Å². The van der Waals surface area contributed by atoms with Gasteiger partial charge in [0.05, 0.1) is 18.9 Å². The van der Waals surface area contributed by atoms with Gasteiger partial charge in [-0.1, -0.05) is 31.2 Å². The summed E-state index contributed by atoms with van der Waals surface area (Å²) < 4.78 is 5.02. The van der Waals surface area contributed by atoms with Crippen molar-refractivity contribution in [3.05, 3.63) is 59.5 Å². The van der Waals surface area contributed by atoms with Crippen molar-refractivity contribution in [2.24, 2.45) is 0 Å². The van der Waals surface area contributed by atoms with E-state index in [1.807, 2.05) is 24.3 Å². The first-order valence-electron chi connectivity index (χ1n) is 6.28. The van der Waals surface area contributed by atoms with Crippen LogP contribution in [0.1, 0.15) is 34.6 Å². The first-order chi connectivity index (χ1) is 9.24. The molecule has 0 bridgehead atoms. The molecule has 0 saturated carbocycles. The highest BCUT2D eigenvalue weighted by molar-refractivity contribution is 5.91. The normalized spacial score (nSPS) is 12.1. The molecule has 2 aromatic rings. The molecule has 0 saturated heterocycles. The zero-order valence-electron chi connectivity index (χ0n) is 10.8. The van der Waals surface area contributed by atoms with Gasteiger partial charge in [-0.15, -0.1) is 0 Å². The summed E-state index contributed by atoms with van der Waals surface area (Å²) >= 11 is 0. The van der Waals surface area contributed by atoms with Crippen molar-refractivity contribution in [3.63, 3.8) is 0 Å². The molecule has 100 valence electrons. The Hall–Kier alpha value is -2.07. The van der Waals surface area contributed by atoms with Gasteiger partial charge in [-0.05, 0) is 29.7 Å². The molecule has 2 rings (SSSR count). The maximum Gasteiger partial charge on any atom is 0.287 e. The Morgan fingerprint density at radius 3 is 2.58 bits per heavy atom. The van der Waals surface area contributed by atoms with E-state index in [1.165, 1.54) is 11.8 Å². The summed E-state index contributed by atoms with van der Waals surface area (Å²) in [5.41, 5.74) is 2.09. The van der Waals surface area contributed by atoms with Crippen LogP contribution in [0.5, 0.6) is 0 Å². The first kappa shape index (κ1) is 13.4. The van der Waals surface area contributed by atoms with Crippen molar-refractivity contribution in [2.45, 2.75) is 19.4 Å². The van der Waals surface area contributed by atoms with Crippen LogP contribution < -0.4 is 5.32 Å². The Morgan fingerprint density at radius 1 is 1.32 bits per heavy atom. The fourth-order valence-electron chi connectivity index (χ4n) is 1.86. The van der Waals surface area contributed by atoms with Crippen LogP contribution in [0.15, 0.2) is 47.1 Å². The Balaban J connectivity index is 2.09. The van der Waals surface area contributed by atoms with Gasteiger partial charge >= 0.3 is 0 Å². The van der Waals surface area contributed by atoms with Gasteiger partial charge in [0.15, 0.2) is 5.76 Å². The van der Waals surface area contributed by atoms with Gasteiger partial charge in [0.2, 0.25) is 0 Å². The van der Waals surface area contributed by atoms with Crippen molar-refractivity contribution < 1.29 is 14.3 Å². The number of nitrogens with one attached hydrogen (secondary N) is 1. The van der Waals surface area contributed by atoms with Gasteiger partial charge in [-0.25, -0.2) is 0 Å². The van der Waals surface area contributed by atoms with E-state index in [4.69, 9.17) is 4.42 Å². The van der Waals surface area contributed by atoms with E-state index < -0.39 is 6.04 Å². The van der Waals surface area contributed by atoms with E-state index in [9.17, 15) is 9.90 Å². The zero-order chi connectivity index (χ0) is 13.7. The third-order valence-electron chi connectivity index (χ3n) is 3.02. The number of benzene rings is 1. The van der Waals surface area contributed by atoms with Crippen LogP contribution in [0.4, 0.5) is 0 Å². The number of amides is 1. The number of hydrogen-bond donors (Lipinski definition) is 2. The highest BCUT2D eigenvalue weighted by Crippen LogP contribution is 2.15. The molecule has 19 heavy (non-hydrogen) atoms. The number of aliphatic hydroxyl groups is 1. The molecule has 0 aliphatic heterocycles. The highest BCUT2D eigenvalue weighted by atomic mass is 16.3. The molecule has 1 unspecified atom stereocenters. The molecule has 0 fully saturated rings. The molecule has 1 aromatic carbocycles. The number of carbonyl (C=O) groups excluding carboxylic acids is 1. The molecule has 0 spiro atoms. The van der Waals surface area contributed by atoms with E-state index in [1.54, 1.807) is 12.1 Å². The summed E-state index contributed by atoms with van der Waals surface area (Å²) in [6.45, 7) is 1.93. The molecular formula is C15H17NO3. The maximum atomic E-state index is 11.9. The largest absolute Gasteiger partial charge is 0.459 e. The van der Waals surface area contributed by atoms with Crippen molar-refractivity contribution in [1.29, 1.82) is 0 Å². The third-order valence-corrected chi connectivity index (χ3v) is 3.02. The highest BCUT2D eigenvalue weighted by Gasteiger charge is 2.16. The lowest BCUT2D eigenvalue weighted by Gasteiger charge is -2.16. The summed E-state index contributed by atoms with van der Waals surface area (Å²) in [5, 5.41) is 12.1. The first-order valence-corrected chi connectivity index (χ1v) is 6.28. The lowest BCUT2D eigenvalue weighted by molar-refractivity contribution is 0.0888. The summed E-state index contributed by atoms with van der Waals surface area (Å²) in [7, 11) is 0. The average Bonchev–Trinajstić information content (AvgIpc) is 2.99. The Bertz CT molecular complexity index is 517. The number of furan rings is 1. The fourth-order valence-corrected chi connectivity index (χ4v) is 1.86. The standard InChI is InChI=1S/C15H17NO3/c1-2-11-5-7-12(8-6-11)13(10-17)16-15(18)14-4-3-9-19-14/h3-9,13,17H,2,10H2,1H3,(H,16,18). The number of aliphatic hydroxyl groups excluding tert-OH is 1. The molecule has 2 N–H and O–H groups in total. The van der Waals surface area contributed by atoms with E-state index in [-0.39, 0.29) is 18.3 Å². The van der Waals surface area contributed by atoms with Crippen LogP contribution in [-0.4, -0.2) is 17.6 Å². The van der Waals surface area contributed by atoms with Gasteiger partial charge < -0.3 is 14.8 Å². The van der Waals surface area contributed by atoms with Crippen LogP contribution >= 0.6 is 0 Å². The van der Waals surface area contributed by atoms with Gasteiger partial charge in [0.25, 0.3) is 5.91 Å². The summed E-state index contributed by atoms with van der Waals surface area (Å²) in [6.07, 6.45) is 2.40. The number of carbonyl (C=O) groups is 1. The second kappa shape index (κ2) is 6.20. The minimum atomic E-state index is -0.427. The average molecular weight is 259 g/mol. The Kier molecular flexibility index (Phi) is 4.36. The quantitative estimate of drug-likeness (QED) is 0.866. The molecular weight excluding hydrogens is 242 g/mol. The zero-order valence-corrected chi connectivity index (χ0v) is 10.8. The van der Waals surface area contributed by atoms with Crippen molar-refractivity contribution in [2.75, 3.05) is 6.61 Å². The molecule has 4 heteroatoms. The molecule has 1 atom stereocenters. The van der Waals surface area contributed by atoms with E-state index in [0.717, 1.165) is 12.0 Å². The van der Waals surface area contributed by atoms with Crippen LogP contribution in [-0.2, 0) is 6.42 Å². The Morgan fingerprint density at radius 2 is 2.05 bits per heavy atom. The molecule has 1 aromatic heterocycles. The Labute approximate surface area is 112 Å².